The number of aliphatic hydroxyl groups excluding tert-OH is 1. The van der Waals surface area contributed by atoms with Gasteiger partial charge in [-0.2, -0.15) is 0 Å². The van der Waals surface area contributed by atoms with Crippen molar-refractivity contribution in [1.82, 2.24) is 62.6 Å². The zero-order valence-electron chi connectivity index (χ0n) is 62.2. The predicted octanol–water partition coefficient (Wildman–Crippen LogP) is 2.47. The van der Waals surface area contributed by atoms with Gasteiger partial charge in [0, 0.05) is 82.1 Å². The van der Waals surface area contributed by atoms with Gasteiger partial charge < -0.3 is 92.2 Å². The molecule has 4 bridgehead atoms. The standard InChI is InChI=1S/C76H102FN13O17/c1-43(84-66(96)54(78)41-83-73(103)107-75(6,7)8)65(95)85-56-35-48-13-11-14-49(33-48)39-82-61(92)42-105-59-28-32-89(70(100)58(86-67(56)97)36-50-40-80-55-24-21-51(77)37-53(50)55)64(59)69(99)88-63(44(2)106-74(3,4)5)68(98)87-57(34-46-19-22-52(104-10)23-20-46)71(101)90-31-12-29-76(90,9)72(102)79-30-27-45-15-17-47(18-16-45)38-81-60(91)25-26-62(93)94/h11,13-24,33,37,40,43-44,54,56-59,63-64,69,80,88,99H,12,25-32,34-36,38-39,41-42,78H2,1-10H3,(H,79,102)(H,81,91)(H,82,92)(H,83,103)(H,84,96)(H,85,95)(H,86,97)(H,87,98)(H,93,94)/t43-,44-,54+,56+,57+,58+,59+,63+,64+,69?,76+/m1/s1. The van der Waals surface area contributed by atoms with E-state index in [1.165, 1.54) is 42.0 Å². The number of alkyl carbamates (subject to hydrolysis) is 1. The monoisotopic (exact) mass is 1490 g/mol. The number of nitrogens with zero attached hydrogens (tertiary/aromatic N) is 2. The summed E-state index contributed by atoms with van der Waals surface area (Å²) in [5.74, 6) is -7.38. The van der Waals surface area contributed by atoms with Crippen LogP contribution in [0, 0.1) is 5.82 Å². The van der Waals surface area contributed by atoms with Crippen molar-refractivity contribution in [2.45, 2.75) is 211 Å². The van der Waals surface area contributed by atoms with Gasteiger partial charge in [-0.05, 0) is 152 Å². The van der Waals surface area contributed by atoms with Crippen LogP contribution in [0.3, 0.4) is 0 Å². The van der Waals surface area contributed by atoms with Crippen LogP contribution >= 0.6 is 0 Å². The van der Waals surface area contributed by atoms with Crippen molar-refractivity contribution in [2.24, 2.45) is 5.73 Å². The molecule has 1 unspecified atom stereocenters. The highest BCUT2D eigenvalue weighted by atomic mass is 19.1. The number of likely N-dealkylation sites (tertiary alicyclic amines) is 1. The number of benzene rings is 4. The van der Waals surface area contributed by atoms with Crippen LogP contribution in [0.4, 0.5) is 9.18 Å². The number of methoxy groups -OCH3 is 1. The number of halogens is 1. The summed E-state index contributed by atoms with van der Waals surface area (Å²) >= 11 is 0. The van der Waals surface area contributed by atoms with Crippen molar-refractivity contribution in [2.75, 3.05) is 39.9 Å². The van der Waals surface area contributed by atoms with Crippen LogP contribution in [0.15, 0.2) is 97.2 Å². The van der Waals surface area contributed by atoms with Crippen molar-refractivity contribution in [3.05, 3.63) is 136 Å². The molecule has 30 nitrogen and oxygen atoms in total. The van der Waals surface area contributed by atoms with Gasteiger partial charge in [-0.15, -0.1) is 0 Å². The second-order valence-corrected chi connectivity index (χ2v) is 29.5. The number of hydrogen-bond donors (Lipinski definition) is 13. The predicted molar refractivity (Wildman–Crippen MR) is 391 cm³/mol. The van der Waals surface area contributed by atoms with Crippen LogP contribution in [0.5, 0.6) is 5.75 Å². The molecule has 107 heavy (non-hydrogen) atoms. The number of aromatic amines is 1. The van der Waals surface area contributed by atoms with E-state index >= 15 is 23.6 Å². The van der Waals surface area contributed by atoms with Crippen molar-refractivity contribution < 1.29 is 86.3 Å². The van der Waals surface area contributed by atoms with Gasteiger partial charge in [-0.25, -0.2) is 9.18 Å². The minimum absolute atomic E-state index is 0.00698. The summed E-state index contributed by atoms with van der Waals surface area (Å²) in [6.07, 6.45) is -3.43. The van der Waals surface area contributed by atoms with Gasteiger partial charge in [0.05, 0.1) is 37.4 Å². The smallest absolute Gasteiger partial charge is 0.407 e. The summed E-state index contributed by atoms with van der Waals surface area (Å²) in [5, 5.41) is 47.3. The van der Waals surface area contributed by atoms with Crippen LogP contribution in [0.2, 0.25) is 0 Å². The number of aliphatic hydroxyl groups is 1. The summed E-state index contributed by atoms with van der Waals surface area (Å²) in [5.41, 5.74) is 7.15. The molecule has 11 atom stereocenters. The topological polar surface area (TPSA) is 422 Å². The van der Waals surface area contributed by atoms with Crippen molar-refractivity contribution in [1.29, 1.82) is 0 Å². The Morgan fingerprint density at radius 2 is 1.52 bits per heavy atom. The Morgan fingerprint density at radius 1 is 0.822 bits per heavy atom. The largest absolute Gasteiger partial charge is 0.497 e. The van der Waals surface area contributed by atoms with Crippen LogP contribution < -0.4 is 58.3 Å². The van der Waals surface area contributed by atoms with E-state index in [2.05, 4.69) is 52.8 Å². The SMILES string of the molecule is COc1ccc(C[C@H](NC(=O)[C@@H](NC(O)[C@@H]2[C@@H]3CCN2C(=O)[C@H](Cc2c[nH]c4ccc(F)cc24)NC(=O)[C@@H](NC(=O)[C@@H](C)NC(=O)[C@@H](N)CNC(=O)OC(C)(C)C)Cc2cccc(c2)CNC(=O)CO3)[C@@H](C)OC(C)(C)C)C(=O)N2CCC[C@@]2(C)C(=O)NCCc2ccc(CNC(=O)CCC(=O)O)cc2)cc1. The average Bonchev–Trinajstić information content (AvgIpc) is 1.69. The van der Waals surface area contributed by atoms with Crippen molar-refractivity contribution >= 4 is 76.1 Å². The number of aliphatic carboxylic acids is 1. The lowest BCUT2D eigenvalue weighted by Gasteiger charge is -2.39. The molecule has 14 N–H and O–H groups in total. The van der Waals surface area contributed by atoms with E-state index in [1.807, 2.05) is 24.3 Å². The van der Waals surface area contributed by atoms with Crippen LogP contribution in [-0.2, 0) is 101 Å². The van der Waals surface area contributed by atoms with Crippen LogP contribution in [0.25, 0.3) is 10.9 Å². The number of carbonyl (C=O) groups is 11. The number of carboxylic acids is 1. The first-order valence-corrected chi connectivity index (χ1v) is 35.9. The quantitative estimate of drug-likeness (QED) is 0.0320. The Hall–Kier alpha value is -10.1. The van der Waals surface area contributed by atoms with E-state index in [1.54, 1.807) is 110 Å². The molecule has 0 aliphatic carbocycles. The fourth-order valence-electron chi connectivity index (χ4n) is 13.2. The molecule has 580 valence electrons. The van der Waals surface area contributed by atoms with Gasteiger partial charge in [-0.1, -0.05) is 60.7 Å². The van der Waals surface area contributed by atoms with Gasteiger partial charge in [-0.3, -0.25) is 53.3 Å². The molecule has 3 aliphatic rings. The van der Waals surface area contributed by atoms with Gasteiger partial charge in [0.25, 0.3) is 0 Å². The number of ether oxygens (including phenoxy) is 4. The zero-order valence-corrected chi connectivity index (χ0v) is 62.2. The van der Waals surface area contributed by atoms with Gasteiger partial charge in [0.15, 0.2) is 0 Å². The molecular formula is C76H102FN13O17. The maximum absolute atomic E-state index is 15.9. The van der Waals surface area contributed by atoms with E-state index in [9.17, 15) is 38.7 Å². The molecule has 1 aromatic heterocycles. The molecule has 3 aliphatic heterocycles. The summed E-state index contributed by atoms with van der Waals surface area (Å²) in [6, 6.07) is 14.9. The Balaban J connectivity index is 1.08. The number of carboxylic acid groups (broad SMARTS) is 1. The molecular weight excluding hydrogens is 1390 g/mol. The lowest BCUT2D eigenvalue weighted by Crippen LogP contribution is -2.65. The van der Waals surface area contributed by atoms with Crippen molar-refractivity contribution in [3.8, 4) is 5.75 Å². The number of amides is 10. The van der Waals surface area contributed by atoms with E-state index in [0.717, 1.165) is 11.1 Å². The lowest BCUT2D eigenvalue weighted by molar-refractivity contribution is -0.148. The third-order valence-electron chi connectivity index (χ3n) is 18.7. The highest BCUT2D eigenvalue weighted by molar-refractivity contribution is 5.97. The molecule has 8 rings (SSSR count). The Kier molecular flexibility index (Phi) is 28.5. The third kappa shape index (κ3) is 23.7. The highest BCUT2D eigenvalue weighted by Crippen LogP contribution is 2.32. The molecule has 0 spiro atoms. The maximum Gasteiger partial charge on any atom is 0.407 e. The van der Waals surface area contributed by atoms with E-state index in [-0.39, 0.29) is 84.2 Å². The number of hydrogen-bond acceptors (Lipinski definition) is 18. The molecule has 5 aromatic rings. The highest BCUT2D eigenvalue weighted by Gasteiger charge is 2.50. The minimum Gasteiger partial charge on any atom is -0.497 e. The number of nitrogens with one attached hydrogen (secondary N) is 10. The summed E-state index contributed by atoms with van der Waals surface area (Å²) in [7, 11) is 1.50. The second kappa shape index (κ2) is 37.0. The number of nitrogens with two attached hydrogens (primary N) is 1. The van der Waals surface area contributed by atoms with Gasteiger partial charge in [0.1, 0.15) is 71.8 Å². The Morgan fingerprint density at radius 3 is 2.21 bits per heavy atom. The molecule has 31 heteroatoms. The van der Waals surface area contributed by atoms with Gasteiger partial charge in [0.2, 0.25) is 53.2 Å². The molecule has 0 saturated carbocycles. The number of aromatic nitrogens is 1. The number of carbonyl (C=O) groups excluding carboxylic acids is 10. The molecule has 4 aromatic carbocycles. The molecule has 0 radical (unpaired) electrons. The van der Waals surface area contributed by atoms with E-state index in [0.29, 0.717) is 51.7 Å². The first-order valence-electron chi connectivity index (χ1n) is 35.9. The van der Waals surface area contributed by atoms with E-state index in [4.69, 9.17) is 29.8 Å². The summed E-state index contributed by atoms with van der Waals surface area (Å²) in [6.45, 7) is 14.2. The third-order valence-corrected chi connectivity index (χ3v) is 18.7. The first-order chi connectivity index (χ1) is 50.6. The fourth-order valence-corrected chi connectivity index (χ4v) is 13.2. The molecule has 4 heterocycles. The van der Waals surface area contributed by atoms with Crippen LogP contribution in [0.1, 0.15) is 128 Å². The average molecular weight is 1490 g/mol. The van der Waals surface area contributed by atoms with Gasteiger partial charge >= 0.3 is 12.1 Å². The first kappa shape index (κ1) is 82.6. The Bertz CT molecular complexity index is 3990. The number of fused-ring (bicyclic) bond motifs is 5. The normalized spacial score (nSPS) is 20.4. The fraction of sp³-hybridized carbons (Fsp3) is 0.513. The van der Waals surface area contributed by atoms with Crippen molar-refractivity contribution in [3.63, 3.8) is 0 Å². The molecule has 10 amide bonds. The number of rotatable bonds is 28. The lowest BCUT2D eigenvalue weighted by atomic mass is 9.95. The molecule has 2 fully saturated rings. The summed E-state index contributed by atoms with van der Waals surface area (Å²) < 4.78 is 38.6. The number of H-pyrrole nitrogens is 1. The van der Waals surface area contributed by atoms with E-state index < -0.39 is 155 Å². The zero-order chi connectivity index (χ0) is 78.1. The maximum atomic E-state index is 15.9. The van der Waals surface area contributed by atoms with Crippen LogP contribution in [-0.4, -0.2) is 208 Å². The minimum atomic E-state index is -1.94. The second-order valence-electron chi connectivity index (χ2n) is 29.5. The molecule has 2 saturated heterocycles. The Labute approximate surface area is 621 Å². The summed E-state index contributed by atoms with van der Waals surface area (Å²) in [4.78, 5) is 159.